The average Bonchev–Trinajstić information content (AvgIpc) is 2.49. The molecule has 0 bridgehead atoms. The molecule has 1 rings (SSSR count). The van der Waals surface area contributed by atoms with Crippen LogP contribution in [0.25, 0.3) is 0 Å². The second-order valence-corrected chi connectivity index (χ2v) is 4.36. The molecule has 1 atom stereocenters. The fourth-order valence-electron chi connectivity index (χ4n) is 1.16. The smallest absolute Gasteiger partial charge is 0.196 e. The Hall–Kier alpha value is -1.20. The molecule has 0 aliphatic carbocycles. The van der Waals surface area contributed by atoms with E-state index in [2.05, 4.69) is 4.72 Å². The van der Waals surface area contributed by atoms with Crippen LogP contribution >= 0.6 is 0 Å². The van der Waals surface area contributed by atoms with Crippen LogP contribution in [0, 0.1) is 6.92 Å². The Morgan fingerprint density at radius 3 is 2.00 bits per heavy atom. The van der Waals surface area contributed by atoms with E-state index in [1.807, 2.05) is 58.9 Å². The first kappa shape index (κ1) is 20.1. The standard InChI is InChI=1S/C10H14N2O2S.2C2H6/c1-9-3-5-10(6-4-9)12(7-8-13)15(14)11-2;2*1-2/h3-6,8,11H,7H2,1-2H3;2*1-2H3. The zero-order valence-electron chi connectivity index (χ0n) is 12.8. The minimum atomic E-state index is -1.37. The Labute approximate surface area is 119 Å². The Balaban J connectivity index is 0. The van der Waals surface area contributed by atoms with Gasteiger partial charge in [0.15, 0.2) is 11.2 Å². The van der Waals surface area contributed by atoms with Gasteiger partial charge in [0.05, 0.1) is 12.2 Å². The number of rotatable bonds is 5. The normalized spacial score (nSPS) is 10.2. The first-order valence-electron chi connectivity index (χ1n) is 6.56. The van der Waals surface area contributed by atoms with Gasteiger partial charge in [-0.05, 0) is 26.1 Å². The van der Waals surface area contributed by atoms with E-state index in [9.17, 15) is 9.00 Å². The Morgan fingerprint density at radius 2 is 1.63 bits per heavy atom. The van der Waals surface area contributed by atoms with Gasteiger partial charge in [0.1, 0.15) is 6.29 Å². The van der Waals surface area contributed by atoms with Crippen molar-refractivity contribution in [1.82, 2.24) is 4.72 Å². The number of benzene rings is 1. The van der Waals surface area contributed by atoms with Gasteiger partial charge in [-0.25, -0.2) is 8.93 Å². The second kappa shape index (κ2) is 13.2. The monoisotopic (exact) mass is 286 g/mol. The molecule has 0 amide bonds. The van der Waals surface area contributed by atoms with Crippen molar-refractivity contribution in [2.24, 2.45) is 0 Å². The maximum Gasteiger partial charge on any atom is 0.196 e. The second-order valence-electron chi connectivity index (χ2n) is 3.02. The highest BCUT2D eigenvalue weighted by Gasteiger charge is 2.11. The number of hydrogen-bond acceptors (Lipinski definition) is 2. The van der Waals surface area contributed by atoms with Crippen molar-refractivity contribution in [2.75, 3.05) is 17.9 Å². The highest BCUT2D eigenvalue weighted by molar-refractivity contribution is 7.84. The Bertz CT molecular complexity index is 353. The summed E-state index contributed by atoms with van der Waals surface area (Å²) in [5, 5.41) is 0. The third kappa shape index (κ3) is 7.74. The van der Waals surface area contributed by atoms with E-state index < -0.39 is 11.2 Å². The summed E-state index contributed by atoms with van der Waals surface area (Å²) in [5.41, 5.74) is 1.89. The van der Waals surface area contributed by atoms with Crippen molar-refractivity contribution < 1.29 is 9.00 Å². The quantitative estimate of drug-likeness (QED) is 0.846. The van der Waals surface area contributed by atoms with Gasteiger partial charge in [-0.15, -0.1) is 0 Å². The summed E-state index contributed by atoms with van der Waals surface area (Å²) in [6.45, 7) is 10.1. The fraction of sp³-hybridized carbons (Fsp3) is 0.500. The van der Waals surface area contributed by atoms with Crippen LogP contribution in [-0.2, 0) is 16.0 Å². The van der Waals surface area contributed by atoms with Crippen LogP contribution < -0.4 is 9.03 Å². The number of aldehydes is 1. The van der Waals surface area contributed by atoms with Gasteiger partial charge in [-0.1, -0.05) is 45.4 Å². The van der Waals surface area contributed by atoms with Gasteiger partial charge in [0.25, 0.3) is 0 Å². The molecule has 0 aliphatic heterocycles. The number of nitrogens with one attached hydrogen (secondary N) is 1. The van der Waals surface area contributed by atoms with Crippen molar-refractivity contribution in [3.8, 4) is 0 Å². The molecular formula is C14H26N2O2S. The third-order valence-electron chi connectivity index (χ3n) is 1.94. The molecular weight excluding hydrogens is 260 g/mol. The minimum absolute atomic E-state index is 0.108. The maximum atomic E-state index is 11.6. The average molecular weight is 286 g/mol. The number of aryl methyl sites for hydroxylation is 1. The zero-order chi connectivity index (χ0) is 15.3. The Morgan fingerprint density at radius 1 is 1.16 bits per heavy atom. The molecule has 4 nitrogen and oxygen atoms in total. The Kier molecular flexibility index (Phi) is 14.0. The van der Waals surface area contributed by atoms with Crippen molar-refractivity contribution in [2.45, 2.75) is 34.6 Å². The molecule has 0 spiro atoms. The molecule has 0 radical (unpaired) electrons. The van der Waals surface area contributed by atoms with Crippen LogP contribution in [0.2, 0.25) is 0 Å². The number of nitrogens with zero attached hydrogens (tertiary/aromatic N) is 1. The molecule has 1 aromatic rings. The highest BCUT2D eigenvalue weighted by atomic mass is 32.2. The first-order valence-corrected chi connectivity index (χ1v) is 7.67. The van der Waals surface area contributed by atoms with Crippen LogP contribution in [0.5, 0.6) is 0 Å². The summed E-state index contributed by atoms with van der Waals surface area (Å²) in [4.78, 5) is 10.5. The summed E-state index contributed by atoms with van der Waals surface area (Å²) in [6, 6.07) is 7.52. The van der Waals surface area contributed by atoms with E-state index in [1.165, 1.54) is 4.31 Å². The molecule has 0 saturated heterocycles. The summed E-state index contributed by atoms with van der Waals surface area (Å²) in [6.07, 6.45) is 0.731. The zero-order valence-corrected chi connectivity index (χ0v) is 13.6. The summed E-state index contributed by atoms with van der Waals surface area (Å²) >= 11 is -1.37. The lowest BCUT2D eigenvalue weighted by molar-refractivity contribution is -0.106. The maximum absolute atomic E-state index is 11.6. The fourth-order valence-corrected chi connectivity index (χ4v) is 1.89. The molecule has 0 aliphatic rings. The van der Waals surface area contributed by atoms with Gasteiger partial charge < -0.3 is 4.79 Å². The van der Waals surface area contributed by atoms with Gasteiger partial charge in [0, 0.05) is 0 Å². The van der Waals surface area contributed by atoms with Crippen LogP contribution in [0.15, 0.2) is 24.3 Å². The largest absolute Gasteiger partial charge is 0.301 e. The van der Waals surface area contributed by atoms with Crippen molar-refractivity contribution >= 4 is 23.1 Å². The lowest BCUT2D eigenvalue weighted by Crippen LogP contribution is -2.34. The SMILES string of the molecule is CC.CC.CNS(=O)N(CC=O)c1ccc(C)cc1. The highest BCUT2D eigenvalue weighted by Crippen LogP contribution is 2.15. The van der Waals surface area contributed by atoms with E-state index in [4.69, 9.17) is 0 Å². The van der Waals surface area contributed by atoms with Crippen molar-refractivity contribution in [1.29, 1.82) is 0 Å². The predicted octanol–water partition coefficient (Wildman–Crippen LogP) is 2.85. The van der Waals surface area contributed by atoms with Gasteiger partial charge in [-0.2, -0.15) is 0 Å². The van der Waals surface area contributed by atoms with Crippen molar-refractivity contribution in [3.05, 3.63) is 29.8 Å². The first-order chi connectivity index (χ1) is 9.19. The number of anilines is 1. The molecule has 0 fully saturated rings. The number of hydrogen-bond donors (Lipinski definition) is 1. The number of carbonyl (C=O) groups excluding carboxylic acids is 1. The lowest BCUT2D eigenvalue weighted by Gasteiger charge is -2.19. The summed E-state index contributed by atoms with van der Waals surface area (Å²) in [7, 11) is 1.59. The summed E-state index contributed by atoms with van der Waals surface area (Å²) < 4.78 is 15.6. The van der Waals surface area contributed by atoms with Gasteiger partial charge in [0.2, 0.25) is 0 Å². The molecule has 0 heterocycles. The van der Waals surface area contributed by atoms with Crippen LogP contribution in [0.1, 0.15) is 33.3 Å². The van der Waals surface area contributed by atoms with Crippen molar-refractivity contribution in [3.63, 3.8) is 0 Å². The van der Waals surface area contributed by atoms with E-state index >= 15 is 0 Å². The molecule has 110 valence electrons. The molecule has 0 aromatic heterocycles. The molecule has 1 N–H and O–H groups in total. The minimum Gasteiger partial charge on any atom is -0.301 e. The van der Waals surface area contributed by atoms with E-state index in [1.54, 1.807) is 7.05 Å². The van der Waals surface area contributed by atoms with Crippen LogP contribution in [0.3, 0.4) is 0 Å². The van der Waals surface area contributed by atoms with Crippen LogP contribution in [-0.4, -0.2) is 24.1 Å². The molecule has 0 saturated carbocycles. The molecule has 1 unspecified atom stereocenters. The predicted molar refractivity (Wildman–Crippen MR) is 84.5 cm³/mol. The molecule has 5 heteroatoms. The third-order valence-corrected chi connectivity index (χ3v) is 3.05. The lowest BCUT2D eigenvalue weighted by atomic mass is 10.2. The van der Waals surface area contributed by atoms with E-state index in [0.29, 0.717) is 0 Å². The number of carbonyl (C=O) groups is 1. The summed E-state index contributed by atoms with van der Waals surface area (Å²) in [5.74, 6) is 0. The van der Waals surface area contributed by atoms with Gasteiger partial charge in [-0.3, -0.25) is 4.31 Å². The van der Waals surface area contributed by atoms with E-state index in [-0.39, 0.29) is 6.54 Å². The molecule has 1 aromatic carbocycles. The van der Waals surface area contributed by atoms with E-state index in [0.717, 1.165) is 17.5 Å². The molecule has 19 heavy (non-hydrogen) atoms. The topological polar surface area (TPSA) is 49.4 Å². The van der Waals surface area contributed by atoms with Gasteiger partial charge >= 0.3 is 0 Å². The van der Waals surface area contributed by atoms with Crippen LogP contribution in [0.4, 0.5) is 5.69 Å².